The predicted molar refractivity (Wildman–Crippen MR) is 157 cm³/mol. The lowest BCUT2D eigenvalue weighted by atomic mass is 10.0. The lowest BCUT2D eigenvalue weighted by molar-refractivity contribution is 0.667. The zero-order valence-electron chi connectivity index (χ0n) is 20.8. The maximum Gasteiger partial charge on any atom is 0.153 e. The molecular weight excluding hydrogens is 482 g/mol. The molecule has 5 nitrogen and oxygen atoms in total. The molecule has 8 rings (SSSR count). The van der Waals surface area contributed by atoms with Gasteiger partial charge in [-0.3, -0.25) is 9.97 Å². The van der Waals surface area contributed by atoms with Gasteiger partial charge in [0.25, 0.3) is 0 Å². The number of furan rings is 2. The Bertz CT molecular complexity index is 2140. The Hall–Kier alpha value is -5.42. The van der Waals surface area contributed by atoms with E-state index in [4.69, 9.17) is 8.83 Å². The van der Waals surface area contributed by atoms with Crippen LogP contribution in [0.25, 0.3) is 55.3 Å². The normalized spacial score (nSPS) is 11.6. The fourth-order valence-corrected chi connectivity index (χ4v) is 5.41. The molecule has 0 saturated heterocycles. The molecule has 184 valence electrons. The largest absolute Gasteiger partial charge is 0.454 e. The van der Waals surface area contributed by atoms with E-state index in [2.05, 4.69) is 93.7 Å². The summed E-state index contributed by atoms with van der Waals surface area (Å²) in [7, 11) is 0. The second-order valence-electron chi connectivity index (χ2n) is 9.48. The van der Waals surface area contributed by atoms with E-state index in [9.17, 15) is 0 Å². The summed E-state index contributed by atoms with van der Waals surface area (Å²) in [5.41, 5.74) is 10.2. The van der Waals surface area contributed by atoms with Crippen LogP contribution < -0.4 is 4.90 Å². The first kappa shape index (κ1) is 21.6. The Morgan fingerprint density at radius 2 is 1.15 bits per heavy atom. The Kier molecular flexibility index (Phi) is 4.76. The first-order valence-corrected chi connectivity index (χ1v) is 12.8. The van der Waals surface area contributed by atoms with Crippen LogP contribution in [-0.2, 0) is 0 Å². The zero-order chi connectivity index (χ0) is 25.8. The maximum absolute atomic E-state index is 6.23. The summed E-state index contributed by atoms with van der Waals surface area (Å²) >= 11 is 0. The molecule has 39 heavy (non-hydrogen) atoms. The number of hydrogen-bond donors (Lipinski definition) is 0. The Balaban J connectivity index is 1.40. The van der Waals surface area contributed by atoms with E-state index in [0.29, 0.717) is 0 Å². The number of pyridine rings is 2. The summed E-state index contributed by atoms with van der Waals surface area (Å²) in [5, 5.41) is 1.96. The molecule has 4 aromatic heterocycles. The van der Waals surface area contributed by atoms with Crippen molar-refractivity contribution in [2.45, 2.75) is 0 Å². The molecule has 4 heterocycles. The second kappa shape index (κ2) is 8.57. The van der Waals surface area contributed by atoms with E-state index in [1.807, 2.05) is 36.4 Å². The van der Waals surface area contributed by atoms with Crippen molar-refractivity contribution >= 4 is 61.2 Å². The van der Waals surface area contributed by atoms with Gasteiger partial charge in [-0.25, -0.2) is 0 Å². The minimum atomic E-state index is 0.775. The summed E-state index contributed by atoms with van der Waals surface area (Å²) < 4.78 is 12.3. The molecule has 0 radical (unpaired) electrons. The van der Waals surface area contributed by atoms with Crippen LogP contribution in [0.3, 0.4) is 0 Å². The van der Waals surface area contributed by atoms with Gasteiger partial charge in [-0.1, -0.05) is 48.5 Å². The van der Waals surface area contributed by atoms with Crippen molar-refractivity contribution < 1.29 is 8.83 Å². The van der Waals surface area contributed by atoms with Crippen molar-refractivity contribution in [1.82, 2.24) is 9.97 Å². The van der Waals surface area contributed by atoms with Gasteiger partial charge in [-0.15, -0.1) is 0 Å². The molecule has 4 aromatic carbocycles. The highest BCUT2D eigenvalue weighted by Gasteiger charge is 2.20. The predicted octanol–water partition coefficient (Wildman–Crippen LogP) is 9.41. The number of fused-ring (bicyclic) bond motifs is 6. The van der Waals surface area contributed by atoms with Gasteiger partial charge in [0.1, 0.15) is 22.2 Å². The van der Waals surface area contributed by atoms with Crippen molar-refractivity contribution in [2.24, 2.45) is 0 Å². The molecule has 5 heteroatoms. The Morgan fingerprint density at radius 3 is 1.97 bits per heavy atom. The van der Waals surface area contributed by atoms with Crippen LogP contribution in [0.5, 0.6) is 0 Å². The average molecular weight is 504 g/mol. The number of aromatic nitrogens is 2. The molecule has 8 aromatic rings. The molecule has 0 saturated carbocycles. The molecule has 0 fully saturated rings. The highest BCUT2D eigenvalue weighted by atomic mass is 16.3. The van der Waals surface area contributed by atoms with Gasteiger partial charge in [0.05, 0.1) is 5.69 Å². The monoisotopic (exact) mass is 503 g/mol. The fourth-order valence-electron chi connectivity index (χ4n) is 5.41. The summed E-state index contributed by atoms with van der Waals surface area (Å²) in [5.74, 6) is 0. The van der Waals surface area contributed by atoms with Crippen LogP contribution >= 0.6 is 0 Å². The van der Waals surface area contributed by atoms with Crippen molar-refractivity contribution in [2.75, 3.05) is 4.90 Å². The molecule has 0 bridgehead atoms. The third kappa shape index (κ3) is 3.48. The topological polar surface area (TPSA) is 55.3 Å². The fraction of sp³-hybridized carbons (Fsp3) is 0. The maximum atomic E-state index is 6.23. The number of nitrogens with zero attached hydrogens (tertiary/aromatic N) is 3. The molecule has 0 aliphatic carbocycles. The van der Waals surface area contributed by atoms with Crippen LogP contribution in [0.4, 0.5) is 17.1 Å². The van der Waals surface area contributed by atoms with E-state index < -0.39 is 0 Å². The first-order chi connectivity index (χ1) is 19.3. The summed E-state index contributed by atoms with van der Waals surface area (Å²) in [6, 6.07) is 39.2. The van der Waals surface area contributed by atoms with E-state index in [0.717, 1.165) is 72.3 Å². The number of hydrogen-bond acceptors (Lipinski definition) is 5. The van der Waals surface area contributed by atoms with E-state index >= 15 is 0 Å². The van der Waals surface area contributed by atoms with Gasteiger partial charge in [-0.05, 0) is 66.2 Å². The number of benzene rings is 4. The van der Waals surface area contributed by atoms with Gasteiger partial charge in [0, 0.05) is 46.2 Å². The summed E-state index contributed by atoms with van der Waals surface area (Å²) in [6.07, 6.45) is 3.60. The highest BCUT2D eigenvalue weighted by Crippen LogP contribution is 2.43. The average Bonchev–Trinajstić information content (AvgIpc) is 3.56. The molecule has 0 amide bonds. The standard InChI is InChI=1S/C34H21N3O2/c1-2-8-22(9-3-1)25-10-4-5-11-28(25)37(23-15-17-29-27(20-23)34-31(38-29)13-7-19-36-34)24-14-16-26-32(21-24)39-30-12-6-18-35-33(26)30/h1-21H. The smallest absolute Gasteiger partial charge is 0.153 e. The molecule has 0 unspecified atom stereocenters. The van der Waals surface area contributed by atoms with Crippen LogP contribution in [0.1, 0.15) is 0 Å². The second-order valence-corrected chi connectivity index (χ2v) is 9.48. The van der Waals surface area contributed by atoms with E-state index in [1.54, 1.807) is 12.4 Å². The van der Waals surface area contributed by atoms with Gasteiger partial charge in [-0.2, -0.15) is 0 Å². The van der Waals surface area contributed by atoms with Crippen LogP contribution in [0.15, 0.2) is 136 Å². The van der Waals surface area contributed by atoms with Crippen LogP contribution in [0, 0.1) is 0 Å². The number of rotatable bonds is 4. The van der Waals surface area contributed by atoms with Gasteiger partial charge < -0.3 is 13.7 Å². The van der Waals surface area contributed by atoms with Crippen LogP contribution in [0.2, 0.25) is 0 Å². The van der Waals surface area contributed by atoms with Gasteiger partial charge in [0.2, 0.25) is 0 Å². The quantitative estimate of drug-likeness (QED) is 0.239. The van der Waals surface area contributed by atoms with Gasteiger partial charge >= 0.3 is 0 Å². The molecule has 0 spiro atoms. The third-order valence-corrected chi connectivity index (χ3v) is 7.17. The van der Waals surface area contributed by atoms with Gasteiger partial charge in [0.15, 0.2) is 11.2 Å². The minimum absolute atomic E-state index is 0.775. The number of anilines is 3. The summed E-state index contributed by atoms with van der Waals surface area (Å²) in [4.78, 5) is 11.4. The lowest BCUT2D eigenvalue weighted by Crippen LogP contribution is -2.11. The van der Waals surface area contributed by atoms with Crippen molar-refractivity contribution in [3.63, 3.8) is 0 Å². The van der Waals surface area contributed by atoms with Crippen molar-refractivity contribution in [3.05, 3.63) is 128 Å². The van der Waals surface area contributed by atoms with Crippen molar-refractivity contribution in [3.8, 4) is 11.1 Å². The SMILES string of the molecule is c1ccc(-c2ccccc2N(c2ccc3c(c2)oc2cccnc23)c2ccc3oc4cccnc4c3c2)cc1. The molecule has 0 aliphatic rings. The zero-order valence-corrected chi connectivity index (χ0v) is 20.8. The summed E-state index contributed by atoms with van der Waals surface area (Å²) in [6.45, 7) is 0. The first-order valence-electron chi connectivity index (χ1n) is 12.8. The highest BCUT2D eigenvalue weighted by molar-refractivity contribution is 6.06. The molecule has 0 aliphatic heterocycles. The van der Waals surface area contributed by atoms with E-state index in [-0.39, 0.29) is 0 Å². The van der Waals surface area contributed by atoms with Crippen molar-refractivity contribution in [1.29, 1.82) is 0 Å². The lowest BCUT2D eigenvalue weighted by Gasteiger charge is -2.28. The molecule has 0 atom stereocenters. The Morgan fingerprint density at radius 1 is 0.487 bits per heavy atom. The van der Waals surface area contributed by atoms with E-state index in [1.165, 1.54) is 0 Å². The molecule has 0 N–H and O–H groups in total. The third-order valence-electron chi connectivity index (χ3n) is 7.17. The Labute approximate surface area is 223 Å². The minimum Gasteiger partial charge on any atom is -0.454 e. The number of para-hydroxylation sites is 1. The van der Waals surface area contributed by atoms with Crippen LogP contribution in [-0.4, -0.2) is 9.97 Å². The molecular formula is C34H21N3O2.